The normalized spacial score (nSPS) is 12.1. The standard InChI is InChI=1S/C26H46O6/c1-3-5-7-8-9-10-11-12-13-14-15-16-17-18-19-20-24(27)32-23(26(29)30)22-25(28)31-21-6-4-2/h12-13,23H,3-11,14-22H2,1-2H3,(H,29,30)/b13-12-/t23-/m0/s1. The van der Waals surface area contributed by atoms with Crippen molar-refractivity contribution in [2.45, 2.75) is 129 Å². The van der Waals surface area contributed by atoms with Crippen LogP contribution in [0.25, 0.3) is 0 Å². The van der Waals surface area contributed by atoms with Crippen LogP contribution in [0.3, 0.4) is 0 Å². The first kappa shape index (κ1) is 30.1. The lowest BCUT2D eigenvalue weighted by molar-refractivity contribution is -0.168. The Kier molecular flexibility index (Phi) is 21.1. The van der Waals surface area contributed by atoms with Gasteiger partial charge in [0.1, 0.15) is 0 Å². The fraction of sp³-hybridized carbons (Fsp3) is 0.808. The number of unbranched alkanes of at least 4 members (excludes halogenated alkanes) is 12. The molecule has 0 aliphatic rings. The molecule has 0 rings (SSSR count). The Morgan fingerprint density at radius 1 is 0.719 bits per heavy atom. The highest BCUT2D eigenvalue weighted by molar-refractivity contribution is 5.83. The highest BCUT2D eigenvalue weighted by atomic mass is 16.6. The van der Waals surface area contributed by atoms with Crippen LogP contribution in [0.2, 0.25) is 0 Å². The SMILES string of the molecule is CCCCCCCC/C=C\CCCCCCCC(=O)O[C@@H](CC(=O)OCCCC)C(=O)O. The van der Waals surface area contributed by atoms with Gasteiger partial charge >= 0.3 is 17.9 Å². The molecule has 1 N–H and O–H groups in total. The van der Waals surface area contributed by atoms with E-state index < -0.39 is 30.4 Å². The van der Waals surface area contributed by atoms with Crippen molar-refractivity contribution in [2.24, 2.45) is 0 Å². The molecular formula is C26H46O6. The van der Waals surface area contributed by atoms with Crippen LogP contribution in [-0.2, 0) is 23.9 Å². The average molecular weight is 455 g/mol. The van der Waals surface area contributed by atoms with Crippen LogP contribution in [-0.4, -0.2) is 35.7 Å². The molecule has 6 heteroatoms. The second-order valence-electron chi connectivity index (χ2n) is 8.43. The Morgan fingerprint density at radius 2 is 1.25 bits per heavy atom. The summed E-state index contributed by atoms with van der Waals surface area (Å²) in [5, 5.41) is 9.16. The molecule has 0 aliphatic heterocycles. The predicted octanol–water partition coefficient (Wildman–Crippen LogP) is 6.75. The lowest BCUT2D eigenvalue weighted by Gasteiger charge is -2.13. The maximum atomic E-state index is 11.9. The molecule has 0 aromatic rings. The topological polar surface area (TPSA) is 89.9 Å². The van der Waals surface area contributed by atoms with Crippen LogP contribution in [0.5, 0.6) is 0 Å². The molecule has 186 valence electrons. The molecule has 1 atom stereocenters. The Bertz CT molecular complexity index is 514. The first-order chi connectivity index (χ1) is 15.5. The lowest BCUT2D eigenvalue weighted by atomic mass is 10.1. The Labute approximate surface area is 195 Å². The summed E-state index contributed by atoms with van der Waals surface area (Å²) in [6.45, 7) is 4.46. The predicted molar refractivity (Wildman–Crippen MR) is 127 cm³/mol. The number of ether oxygens (including phenoxy) is 2. The van der Waals surface area contributed by atoms with Gasteiger partial charge in [-0.1, -0.05) is 83.8 Å². The van der Waals surface area contributed by atoms with Crippen molar-refractivity contribution in [3.05, 3.63) is 12.2 Å². The summed E-state index contributed by atoms with van der Waals surface area (Å²) in [5.41, 5.74) is 0. The quantitative estimate of drug-likeness (QED) is 0.110. The van der Waals surface area contributed by atoms with Gasteiger partial charge in [0.2, 0.25) is 6.10 Å². The summed E-state index contributed by atoms with van der Waals surface area (Å²) in [7, 11) is 0. The van der Waals surface area contributed by atoms with Gasteiger partial charge in [-0.25, -0.2) is 4.79 Å². The molecular weight excluding hydrogens is 408 g/mol. The van der Waals surface area contributed by atoms with E-state index in [4.69, 9.17) is 14.6 Å². The van der Waals surface area contributed by atoms with Crippen molar-refractivity contribution in [1.29, 1.82) is 0 Å². The van der Waals surface area contributed by atoms with Gasteiger partial charge in [0.05, 0.1) is 13.0 Å². The molecule has 0 aromatic carbocycles. The maximum Gasteiger partial charge on any atom is 0.345 e. The third-order valence-electron chi connectivity index (χ3n) is 5.30. The van der Waals surface area contributed by atoms with E-state index in [-0.39, 0.29) is 13.0 Å². The molecule has 0 aliphatic carbocycles. The molecule has 0 spiro atoms. The molecule has 0 saturated carbocycles. The van der Waals surface area contributed by atoms with Crippen molar-refractivity contribution in [2.75, 3.05) is 6.61 Å². The minimum Gasteiger partial charge on any atom is -0.478 e. The van der Waals surface area contributed by atoms with E-state index in [1.165, 1.54) is 44.9 Å². The number of carbonyl (C=O) groups excluding carboxylic acids is 2. The van der Waals surface area contributed by atoms with Crippen LogP contribution < -0.4 is 0 Å². The van der Waals surface area contributed by atoms with Crippen LogP contribution in [0.4, 0.5) is 0 Å². The highest BCUT2D eigenvalue weighted by Crippen LogP contribution is 2.11. The number of allylic oxidation sites excluding steroid dienone is 2. The number of esters is 2. The molecule has 0 unspecified atom stereocenters. The third kappa shape index (κ3) is 20.1. The van der Waals surface area contributed by atoms with Gasteiger partial charge in [0.25, 0.3) is 0 Å². The number of hydrogen-bond donors (Lipinski definition) is 1. The first-order valence-corrected chi connectivity index (χ1v) is 12.7. The van der Waals surface area contributed by atoms with Crippen LogP contribution in [0.1, 0.15) is 123 Å². The van der Waals surface area contributed by atoms with E-state index in [0.29, 0.717) is 6.42 Å². The molecule has 6 nitrogen and oxygen atoms in total. The van der Waals surface area contributed by atoms with Gasteiger partial charge < -0.3 is 14.6 Å². The largest absolute Gasteiger partial charge is 0.478 e. The molecule has 0 fully saturated rings. The van der Waals surface area contributed by atoms with Crippen molar-refractivity contribution in [3.8, 4) is 0 Å². The Hall–Kier alpha value is -1.85. The number of rotatable bonds is 22. The van der Waals surface area contributed by atoms with E-state index in [1.54, 1.807) is 0 Å². The third-order valence-corrected chi connectivity index (χ3v) is 5.30. The van der Waals surface area contributed by atoms with Gasteiger partial charge in [-0.05, 0) is 38.5 Å². The number of carboxylic acid groups (broad SMARTS) is 1. The Morgan fingerprint density at radius 3 is 1.81 bits per heavy atom. The number of aliphatic carboxylic acids is 1. The monoisotopic (exact) mass is 454 g/mol. The summed E-state index contributed by atoms with van der Waals surface area (Å²) in [6.07, 6.45) is 19.6. The van der Waals surface area contributed by atoms with Crippen molar-refractivity contribution in [3.63, 3.8) is 0 Å². The summed E-state index contributed by atoms with van der Waals surface area (Å²) in [4.78, 5) is 34.7. The molecule has 0 heterocycles. The second-order valence-corrected chi connectivity index (χ2v) is 8.43. The van der Waals surface area contributed by atoms with Crippen molar-refractivity contribution < 1.29 is 29.0 Å². The summed E-state index contributed by atoms with van der Waals surface area (Å²) in [5.74, 6) is -2.55. The van der Waals surface area contributed by atoms with Crippen molar-refractivity contribution in [1.82, 2.24) is 0 Å². The van der Waals surface area contributed by atoms with Crippen LogP contribution in [0.15, 0.2) is 12.2 Å². The fourth-order valence-corrected chi connectivity index (χ4v) is 3.28. The number of carboxylic acids is 1. The zero-order valence-electron chi connectivity index (χ0n) is 20.4. The number of hydrogen-bond acceptors (Lipinski definition) is 5. The highest BCUT2D eigenvalue weighted by Gasteiger charge is 2.26. The minimum atomic E-state index is -1.47. The second kappa shape index (κ2) is 22.3. The smallest absolute Gasteiger partial charge is 0.345 e. The van der Waals surface area contributed by atoms with Gasteiger partial charge in [0, 0.05) is 6.42 Å². The number of carbonyl (C=O) groups is 3. The van der Waals surface area contributed by atoms with E-state index in [9.17, 15) is 14.4 Å². The molecule has 32 heavy (non-hydrogen) atoms. The first-order valence-electron chi connectivity index (χ1n) is 12.7. The van der Waals surface area contributed by atoms with Crippen LogP contribution >= 0.6 is 0 Å². The van der Waals surface area contributed by atoms with Crippen molar-refractivity contribution >= 4 is 17.9 Å². The summed E-state index contributed by atoms with van der Waals surface area (Å²) < 4.78 is 9.90. The van der Waals surface area contributed by atoms with Crippen LogP contribution in [0, 0.1) is 0 Å². The lowest BCUT2D eigenvalue weighted by Crippen LogP contribution is -2.30. The molecule has 0 aromatic heterocycles. The summed E-state index contributed by atoms with van der Waals surface area (Å²) >= 11 is 0. The van der Waals surface area contributed by atoms with Gasteiger partial charge in [0.15, 0.2) is 0 Å². The summed E-state index contributed by atoms with van der Waals surface area (Å²) in [6, 6.07) is 0. The molecule has 0 amide bonds. The van der Waals surface area contributed by atoms with E-state index >= 15 is 0 Å². The fourth-order valence-electron chi connectivity index (χ4n) is 3.28. The molecule has 0 radical (unpaired) electrons. The zero-order chi connectivity index (χ0) is 23.9. The zero-order valence-corrected chi connectivity index (χ0v) is 20.4. The van der Waals surface area contributed by atoms with Gasteiger partial charge in [-0.15, -0.1) is 0 Å². The molecule has 0 bridgehead atoms. The maximum absolute atomic E-state index is 11.9. The van der Waals surface area contributed by atoms with E-state index in [1.807, 2.05) is 6.92 Å². The minimum absolute atomic E-state index is 0.173. The average Bonchev–Trinajstić information content (AvgIpc) is 2.76. The van der Waals surface area contributed by atoms with Gasteiger partial charge in [-0.3, -0.25) is 9.59 Å². The van der Waals surface area contributed by atoms with E-state index in [2.05, 4.69) is 19.1 Å². The molecule has 0 saturated heterocycles. The Balaban J connectivity index is 3.69. The van der Waals surface area contributed by atoms with Gasteiger partial charge in [-0.2, -0.15) is 0 Å². The van der Waals surface area contributed by atoms with E-state index in [0.717, 1.165) is 44.9 Å².